The van der Waals surface area contributed by atoms with Gasteiger partial charge in [-0.2, -0.15) is 5.26 Å². The van der Waals surface area contributed by atoms with Crippen LogP contribution < -0.4 is 0 Å². The van der Waals surface area contributed by atoms with Crippen LogP contribution in [-0.4, -0.2) is 67.2 Å². The van der Waals surface area contributed by atoms with Crippen molar-refractivity contribution in [1.82, 2.24) is 9.80 Å². The second-order valence-corrected chi connectivity index (χ2v) is 7.18. The second kappa shape index (κ2) is 8.49. The molecule has 6 nitrogen and oxygen atoms in total. The third kappa shape index (κ3) is 5.31. The van der Waals surface area contributed by atoms with E-state index in [0.717, 1.165) is 31.4 Å². The van der Waals surface area contributed by atoms with Crippen LogP contribution in [0, 0.1) is 11.3 Å². The number of aliphatic hydroxyl groups excluding tert-OH is 1. The van der Waals surface area contributed by atoms with Crippen LogP contribution >= 0.6 is 15.9 Å². The van der Waals surface area contributed by atoms with Gasteiger partial charge in [0.25, 0.3) is 0 Å². The van der Waals surface area contributed by atoms with Gasteiger partial charge in [-0.25, -0.2) is 8.42 Å². The Morgan fingerprint density at radius 2 is 1.90 bits per heavy atom. The molecule has 0 saturated carbocycles. The van der Waals surface area contributed by atoms with Gasteiger partial charge in [-0.05, 0) is 12.8 Å². The molecule has 0 unspecified atom stereocenters. The lowest BCUT2D eigenvalue weighted by Gasteiger charge is -2.24. The lowest BCUT2D eigenvalue weighted by atomic mass is 10.4. The Kier molecular flexibility index (Phi) is 7.34. The van der Waals surface area contributed by atoms with Crippen molar-refractivity contribution in [3.8, 4) is 6.07 Å². The minimum Gasteiger partial charge on any atom is -0.396 e. The Balaban J connectivity index is 2.89. The van der Waals surface area contributed by atoms with Crippen LogP contribution in [0.1, 0.15) is 12.8 Å². The number of halogens is 1. The molecule has 114 valence electrons. The predicted octanol–water partition coefficient (Wildman–Crippen LogP) is 0.509. The van der Waals surface area contributed by atoms with E-state index in [9.17, 15) is 8.42 Å². The molecule has 0 aromatic heterocycles. The van der Waals surface area contributed by atoms with Gasteiger partial charge < -0.3 is 14.9 Å². The Labute approximate surface area is 128 Å². The third-order valence-electron chi connectivity index (χ3n) is 2.99. The summed E-state index contributed by atoms with van der Waals surface area (Å²) in [7, 11) is -3.51. The summed E-state index contributed by atoms with van der Waals surface area (Å²) >= 11 is 3.37. The smallest absolute Gasteiger partial charge is 0.188 e. The molecule has 0 aromatic carbocycles. The molecule has 1 saturated heterocycles. The van der Waals surface area contributed by atoms with Crippen LogP contribution in [0.2, 0.25) is 0 Å². The topological polar surface area (TPSA) is 84.6 Å². The molecule has 0 aliphatic carbocycles. The van der Waals surface area contributed by atoms with E-state index < -0.39 is 15.6 Å². The molecule has 0 radical (unpaired) electrons. The molecule has 0 amide bonds. The maximum absolute atomic E-state index is 11.8. The molecule has 8 heteroatoms. The van der Waals surface area contributed by atoms with Gasteiger partial charge in [-0.15, -0.1) is 0 Å². The van der Waals surface area contributed by atoms with E-state index in [1.165, 1.54) is 5.41 Å². The predicted molar refractivity (Wildman–Crippen MR) is 80.7 cm³/mol. The van der Waals surface area contributed by atoms with Crippen LogP contribution in [-0.2, 0) is 9.84 Å². The van der Waals surface area contributed by atoms with Gasteiger partial charge in [0, 0.05) is 38.1 Å². The molecular weight excluding hydrogens is 346 g/mol. The number of nitrogens with zero attached hydrogens (tertiary/aromatic N) is 3. The molecule has 0 aromatic rings. The average molecular weight is 366 g/mol. The maximum atomic E-state index is 11.8. The SMILES string of the molecule is N#CCS(=O)(=O)C=C1N(CCCO)CCN1CCCBr. The second-order valence-electron chi connectivity index (χ2n) is 4.54. The molecule has 0 bridgehead atoms. The van der Waals surface area contributed by atoms with Gasteiger partial charge >= 0.3 is 0 Å². The largest absolute Gasteiger partial charge is 0.396 e. The Bertz CT molecular complexity index is 455. The van der Waals surface area contributed by atoms with Crippen molar-refractivity contribution in [2.45, 2.75) is 12.8 Å². The molecule has 0 spiro atoms. The minimum atomic E-state index is -3.51. The summed E-state index contributed by atoms with van der Waals surface area (Å²) in [5.74, 6) is 0.144. The minimum absolute atomic E-state index is 0.0795. The number of aliphatic hydroxyl groups is 1. The lowest BCUT2D eigenvalue weighted by Crippen LogP contribution is -2.26. The molecule has 20 heavy (non-hydrogen) atoms. The van der Waals surface area contributed by atoms with Crippen LogP contribution in [0.4, 0.5) is 0 Å². The van der Waals surface area contributed by atoms with Crippen molar-refractivity contribution in [3.05, 3.63) is 11.2 Å². The van der Waals surface area contributed by atoms with Crippen LogP contribution in [0.25, 0.3) is 0 Å². The summed E-state index contributed by atoms with van der Waals surface area (Å²) in [6, 6.07) is 1.68. The first kappa shape index (κ1) is 17.3. The fourth-order valence-electron chi connectivity index (χ4n) is 2.08. The van der Waals surface area contributed by atoms with E-state index in [1.807, 2.05) is 9.80 Å². The molecule has 1 aliphatic heterocycles. The van der Waals surface area contributed by atoms with Gasteiger partial charge in [0.05, 0.1) is 11.5 Å². The van der Waals surface area contributed by atoms with Crippen LogP contribution in [0.15, 0.2) is 11.2 Å². The van der Waals surface area contributed by atoms with Gasteiger partial charge in [-0.3, -0.25) is 0 Å². The van der Waals surface area contributed by atoms with Gasteiger partial charge in [0.2, 0.25) is 0 Å². The lowest BCUT2D eigenvalue weighted by molar-refractivity contribution is 0.255. The van der Waals surface area contributed by atoms with E-state index >= 15 is 0 Å². The highest BCUT2D eigenvalue weighted by Gasteiger charge is 2.26. The zero-order valence-electron chi connectivity index (χ0n) is 11.3. The quantitative estimate of drug-likeness (QED) is 0.630. The average Bonchev–Trinajstić information content (AvgIpc) is 2.75. The Morgan fingerprint density at radius 3 is 2.40 bits per heavy atom. The monoisotopic (exact) mass is 365 g/mol. The van der Waals surface area contributed by atoms with Gasteiger partial charge in [0.15, 0.2) is 9.84 Å². The van der Waals surface area contributed by atoms with Crippen molar-refractivity contribution in [2.24, 2.45) is 0 Å². The summed E-state index contributed by atoms with van der Waals surface area (Å²) in [6.07, 6.45) is 1.52. The summed E-state index contributed by atoms with van der Waals surface area (Å²) in [4.78, 5) is 3.98. The molecule has 1 fully saturated rings. The van der Waals surface area contributed by atoms with E-state index in [0.29, 0.717) is 18.8 Å². The number of hydrogen-bond donors (Lipinski definition) is 1. The van der Waals surface area contributed by atoms with Crippen molar-refractivity contribution >= 4 is 25.8 Å². The van der Waals surface area contributed by atoms with Crippen LogP contribution in [0.5, 0.6) is 0 Å². The molecule has 1 rings (SSSR count). The van der Waals surface area contributed by atoms with E-state index in [4.69, 9.17) is 10.4 Å². The molecule has 1 heterocycles. The van der Waals surface area contributed by atoms with Crippen molar-refractivity contribution < 1.29 is 13.5 Å². The Hall–Kier alpha value is -0.780. The highest BCUT2D eigenvalue weighted by atomic mass is 79.9. The first-order chi connectivity index (χ1) is 9.54. The van der Waals surface area contributed by atoms with Gasteiger partial charge in [0.1, 0.15) is 11.6 Å². The summed E-state index contributed by atoms with van der Waals surface area (Å²) in [6.45, 7) is 2.99. The fourth-order valence-corrected chi connectivity index (χ4v) is 3.21. The standard InChI is InChI=1S/C12H20BrN3O3S/c13-3-1-5-15-7-8-16(6-2-9-17)12(15)11-20(18,19)10-4-14/h11,17H,1-3,5-10H2. The molecule has 0 atom stereocenters. The van der Waals surface area contributed by atoms with Crippen molar-refractivity contribution in [3.63, 3.8) is 0 Å². The number of nitriles is 1. The number of hydrogen-bond acceptors (Lipinski definition) is 6. The van der Waals surface area contributed by atoms with Crippen LogP contribution in [0.3, 0.4) is 0 Å². The van der Waals surface area contributed by atoms with Crippen molar-refractivity contribution in [1.29, 1.82) is 5.26 Å². The Morgan fingerprint density at radius 1 is 1.30 bits per heavy atom. The highest BCUT2D eigenvalue weighted by molar-refractivity contribution is 9.09. The third-order valence-corrected chi connectivity index (χ3v) is 4.65. The fraction of sp³-hybridized carbons (Fsp3) is 0.750. The van der Waals surface area contributed by atoms with Gasteiger partial charge in [-0.1, -0.05) is 15.9 Å². The van der Waals surface area contributed by atoms with E-state index in [2.05, 4.69) is 15.9 Å². The summed E-state index contributed by atoms with van der Waals surface area (Å²) in [5, 5.41) is 19.5. The van der Waals surface area contributed by atoms with Crippen molar-refractivity contribution in [2.75, 3.05) is 43.9 Å². The first-order valence-electron chi connectivity index (χ1n) is 6.52. The highest BCUT2D eigenvalue weighted by Crippen LogP contribution is 2.20. The maximum Gasteiger partial charge on any atom is 0.188 e. The first-order valence-corrected chi connectivity index (χ1v) is 9.36. The molecule has 1 aliphatic rings. The normalized spacial score (nSPS) is 17.8. The van der Waals surface area contributed by atoms with E-state index in [1.54, 1.807) is 6.07 Å². The summed E-state index contributed by atoms with van der Waals surface area (Å²) < 4.78 is 23.6. The summed E-state index contributed by atoms with van der Waals surface area (Å²) in [5.41, 5.74) is 0. The number of alkyl halides is 1. The zero-order chi connectivity index (χ0) is 15.0. The number of sulfone groups is 1. The zero-order valence-corrected chi connectivity index (χ0v) is 13.7. The van der Waals surface area contributed by atoms with E-state index in [-0.39, 0.29) is 6.61 Å². The molecule has 1 N–H and O–H groups in total. The number of rotatable bonds is 8. The molecular formula is C12H20BrN3O3S.